The van der Waals surface area contributed by atoms with Gasteiger partial charge < -0.3 is 4.40 Å². The number of nitriles is 1. The van der Waals surface area contributed by atoms with Crippen LogP contribution in [0.4, 0.5) is 0 Å². The Bertz CT molecular complexity index is 3190. The van der Waals surface area contributed by atoms with Gasteiger partial charge in [-0.1, -0.05) is 97.1 Å². The summed E-state index contributed by atoms with van der Waals surface area (Å²) in [7, 11) is 0. The Morgan fingerprint density at radius 1 is 0.604 bits per heavy atom. The topological polar surface area (TPSA) is 58.9 Å². The molecule has 0 spiro atoms. The van der Waals surface area contributed by atoms with E-state index in [-0.39, 0.29) is 0 Å². The summed E-state index contributed by atoms with van der Waals surface area (Å²) in [6.45, 7) is 0. The Kier molecular flexibility index (Phi) is 4.77. The predicted molar refractivity (Wildman–Crippen MR) is 194 cm³/mol. The number of aromatic nitrogens is 4. The molecule has 0 atom stereocenters. The minimum absolute atomic E-state index is 0.583. The Labute approximate surface area is 273 Å². The summed E-state index contributed by atoms with van der Waals surface area (Å²) >= 11 is 0. The maximum atomic E-state index is 9.70. The predicted octanol–water partition coefficient (Wildman–Crippen LogP) is 10.2. The molecule has 218 valence electrons. The van der Waals surface area contributed by atoms with Gasteiger partial charge in [0.05, 0.1) is 55.8 Å². The van der Waals surface area contributed by atoms with E-state index >= 15 is 0 Å². The molecule has 7 aromatic carbocycles. The zero-order valence-corrected chi connectivity index (χ0v) is 25.4. The summed E-state index contributed by atoms with van der Waals surface area (Å²) in [5.74, 6) is 0.583. The van der Waals surface area contributed by atoms with Crippen molar-refractivity contribution >= 4 is 81.6 Å². The van der Waals surface area contributed by atoms with Crippen molar-refractivity contribution in [3.8, 4) is 23.3 Å². The lowest BCUT2D eigenvalue weighted by molar-refractivity contribution is 1.01. The molecule has 0 N–H and O–H groups in total. The average molecular weight is 608 g/mol. The van der Waals surface area contributed by atoms with Gasteiger partial charge in [-0.05, 0) is 47.9 Å². The number of benzene rings is 6. The molecule has 0 unspecified atom stereocenters. The first-order valence-electron chi connectivity index (χ1n) is 15.9. The van der Waals surface area contributed by atoms with Gasteiger partial charge in [0.15, 0.2) is 0 Å². The first-order chi connectivity index (χ1) is 23.8. The van der Waals surface area contributed by atoms with Crippen molar-refractivity contribution < 1.29 is 0 Å². The van der Waals surface area contributed by atoms with Crippen LogP contribution < -0.4 is 0 Å². The molecule has 0 amide bonds. The lowest BCUT2D eigenvalue weighted by atomic mass is 10.0. The number of fused-ring (bicyclic) bond motifs is 13. The minimum atomic E-state index is 0.583. The van der Waals surface area contributed by atoms with Gasteiger partial charge in [0.25, 0.3) is 0 Å². The van der Waals surface area contributed by atoms with E-state index in [0.717, 1.165) is 54.9 Å². The van der Waals surface area contributed by atoms with E-state index in [4.69, 9.17) is 9.97 Å². The third kappa shape index (κ3) is 3.15. The van der Waals surface area contributed by atoms with E-state index < -0.39 is 0 Å². The molecule has 4 heterocycles. The van der Waals surface area contributed by atoms with Crippen molar-refractivity contribution in [1.29, 1.82) is 5.26 Å². The fraction of sp³-hybridized carbons (Fsp3) is 0. The lowest BCUT2D eigenvalue weighted by Gasteiger charge is -2.12. The quantitative estimate of drug-likeness (QED) is 0.196. The number of nitrogens with zero attached hydrogens (tertiary/aromatic N) is 5. The van der Waals surface area contributed by atoms with Gasteiger partial charge in [-0.2, -0.15) is 5.26 Å². The van der Waals surface area contributed by atoms with E-state index in [1.54, 1.807) is 0 Å². The second kappa shape index (κ2) is 9.07. The van der Waals surface area contributed by atoms with Crippen molar-refractivity contribution in [3.63, 3.8) is 0 Å². The summed E-state index contributed by atoms with van der Waals surface area (Å²) in [5, 5.41) is 20.0. The van der Waals surface area contributed by atoms with Crippen LogP contribution in [0.2, 0.25) is 0 Å². The molecule has 11 rings (SSSR count). The first-order valence-corrected chi connectivity index (χ1v) is 15.9. The smallest absolute Gasteiger partial charge is 0.235 e. The fourth-order valence-electron chi connectivity index (χ4n) is 7.96. The standard InChI is InChI=1S/C43H21N5/c44-24-25-10-9-12-27(22-25)40-30-15-3-6-17-34(30)45-43(46-40)47-36-19-8-5-16-31(36)38-37(47)23-33-29-14-4-7-18-35(29)48-41-28-13-2-1-11-26(28)20-21-32(41)39(38)42(33)48/h1-3,5-13,15-23H. The van der Waals surface area contributed by atoms with Crippen LogP contribution in [0.15, 0.2) is 127 Å². The summed E-state index contributed by atoms with van der Waals surface area (Å²) in [6.07, 6.45) is 0. The van der Waals surface area contributed by atoms with Crippen LogP contribution in [-0.4, -0.2) is 18.9 Å². The molecule has 5 nitrogen and oxygen atoms in total. The van der Waals surface area contributed by atoms with Crippen molar-refractivity contribution in [2.75, 3.05) is 0 Å². The molecule has 0 fully saturated rings. The van der Waals surface area contributed by atoms with E-state index in [0.29, 0.717) is 11.5 Å². The Morgan fingerprint density at radius 2 is 1.44 bits per heavy atom. The summed E-state index contributed by atoms with van der Waals surface area (Å²) in [4.78, 5) is 10.5. The monoisotopic (exact) mass is 607 g/mol. The summed E-state index contributed by atoms with van der Waals surface area (Å²) < 4.78 is 4.64. The zero-order chi connectivity index (χ0) is 31.5. The molecule has 0 aliphatic heterocycles. The van der Waals surface area contributed by atoms with E-state index in [9.17, 15) is 5.26 Å². The van der Waals surface area contributed by atoms with Crippen molar-refractivity contribution in [3.05, 3.63) is 145 Å². The largest absolute Gasteiger partial charge is 0.307 e. The van der Waals surface area contributed by atoms with Crippen LogP contribution >= 0.6 is 0 Å². The van der Waals surface area contributed by atoms with Crippen LogP contribution in [-0.2, 0) is 0 Å². The molecule has 0 saturated carbocycles. The molecule has 0 aliphatic carbocycles. The molecule has 48 heavy (non-hydrogen) atoms. The molecule has 11 aromatic rings. The van der Waals surface area contributed by atoms with Crippen LogP contribution in [0.5, 0.6) is 0 Å². The number of hydrogen-bond acceptors (Lipinski definition) is 3. The first kappa shape index (κ1) is 25.3. The van der Waals surface area contributed by atoms with Gasteiger partial charge in [0.2, 0.25) is 5.95 Å². The SMILES string of the molecule is N#Cc1cccc(-c2nc(-n3c4ccccc4c4c5c6ccc7ccccc7c6n6c7ccc#cc7c(cc43)c56)nc3ccccc23)c1. The van der Waals surface area contributed by atoms with Crippen LogP contribution in [0, 0.1) is 23.5 Å². The molecule has 5 heteroatoms. The van der Waals surface area contributed by atoms with Crippen LogP contribution in [0.25, 0.3) is 98.8 Å². The molecule has 0 radical (unpaired) electrons. The number of para-hydroxylation sites is 2. The van der Waals surface area contributed by atoms with Gasteiger partial charge in [-0.15, -0.1) is 0 Å². The van der Waals surface area contributed by atoms with Crippen molar-refractivity contribution in [2.24, 2.45) is 0 Å². The minimum Gasteiger partial charge on any atom is -0.307 e. The zero-order valence-electron chi connectivity index (χ0n) is 25.4. The average Bonchev–Trinajstić information content (AvgIpc) is 3.79. The molecule has 0 aliphatic rings. The normalized spacial score (nSPS) is 12.0. The summed E-state index contributed by atoms with van der Waals surface area (Å²) in [6, 6.07) is 52.8. The molecular weight excluding hydrogens is 587 g/mol. The molecule has 4 aromatic heterocycles. The maximum absolute atomic E-state index is 9.70. The van der Waals surface area contributed by atoms with Gasteiger partial charge in [-0.25, -0.2) is 9.97 Å². The summed E-state index contributed by atoms with van der Waals surface area (Å²) in [5.41, 5.74) is 8.68. The fourth-order valence-corrected chi connectivity index (χ4v) is 7.96. The number of rotatable bonds is 2. The third-order valence-corrected chi connectivity index (χ3v) is 9.90. The van der Waals surface area contributed by atoms with Gasteiger partial charge in [0.1, 0.15) is 0 Å². The lowest BCUT2D eigenvalue weighted by Crippen LogP contribution is -2.03. The highest BCUT2D eigenvalue weighted by molar-refractivity contribution is 6.37. The highest BCUT2D eigenvalue weighted by Gasteiger charge is 2.26. The van der Waals surface area contributed by atoms with Crippen molar-refractivity contribution in [1.82, 2.24) is 18.9 Å². The highest BCUT2D eigenvalue weighted by atomic mass is 15.2. The van der Waals surface area contributed by atoms with Gasteiger partial charge in [-0.3, -0.25) is 4.57 Å². The second-order valence-electron chi connectivity index (χ2n) is 12.4. The van der Waals surface area contributed by atoms with E-state index in [1.807, 2.05) is 54.6 Å². The Morgan fingerprint density at radius 3 is 2.35 bits per heavy atom. The van der Waals surface area contributed by atoms with E-state index in [2.05, 4.69) is 100.0 Å². The highest BCUT2D eigenvalue weighted by Crippen LogP contribution is 2.47. The maximum Gasteiger partial charge on any atom is 0.235 e. The Balaban J connectivity index is 1.37. The molecule has 0 bridgehead atoms. The molecular formula is C43H21N5. The van der Waals surface area contributed by atoms with Gasteiger partial charge >= 0.3 is 0 Å². The molecule has 0 saturated heterocycles. The van der Waals surface area contributed by atoms with E-state index in [1.165, 1.54) is 38.0 Å². The van der Waals surface area contributed by atoms with Crippen LogP contribution in [0.3, 0.4) is 0 Å². The van der Waals surface area contributed by atoms with Crippen molar-refractivity contribution in [2.45, 2.75) is 0 Å². The Hall–Kier alpha value is -6.95. The number of hydrogen-bond donors (Lipinski definition) is 0. The third-order valence-electron chi connectivity index (χ3n) is 9.90. The van der Waals surface area contributed by atoms with Gasteiger partial charge in [0, 0.05) is 43.3 Å². The second-order valence-corrected chi connectivity index (χ2v) is 12.4. The van der Waals surface area contributed by atoms with Crippen LogP contribution in [0.1, 0.15) is 5.56 Å².